The van der Waals surface area contributed by atoms with Crippen LogP contribution in [0.15, 0.2) is 17.1 Å². The van der Waals surface area contributed by atoms with Crippen molar-refractivity contribution in [3.05, 3.63) is 27.7 Å². The fourth-order valence-electron chi connectivity index (χ4n) is 1.65. The molecule has 0 bridgehead atoms. The van der Waals surface area contributed by atoms with E-state index < -0.39 is 11.9 Å². The van der Waals surface area contributed by atoms with Crippen molar-refractivity contribution in [3.63, 3.8) is 0 Å². The van der Waals surface area contributed by atoms with Gasteiger partial charge in [-0.15, -0.1) is 0 Å². The van der Waals surface area contributed by atoms with Crippen molar-refractivity contribution in [2.75, 3.05) is 6.61 Å². The average Bonchev–Trinajstić information content (AvgIpc) is 2.34. The number of fused-ring (bicyclic) bond motifs is 1. The summed E-state index contributed by atoms with van der Waals surface area (Å²) >= 11 is 11.8. The summed E-state index contributed by atoms with van der Waals surface area (Å²) in [6.07, 6.45) is 1.24. The van der Waals surface area contributed by atoms with Gasteiger partial charge >= 0.3 is 5.97 Å². The summed E-state index contributed by atoms with van der Waals surface area (Å²) in [5.41, 5.74) is 0.583. The highest BCUT2D eigenvalue weighted by atomic mass is 35.5. The number of Topliss-reactive ketones (excluding diaryl/α,β-unsaturated/α-hetero) is 1. The summed E-state index contributed by atoms with van der Waals surface area (Å²) in [7, 11) is 0. The number of hydrogen-bond acceptors (Lipinski definition) is 4. The molecule has 0 radical (unpaired) electrons. The Morgan fingerprint density at radius 1 is 1.44 bits per heavy atom. The first kappa shape index (κ1) is 13.1. The molecular weight excluding hydrogens is 277 g/mol. The molecule has 1 aromatic carbocycles. The van der Waals surface area contributed by atoms with Gasteiger partial charge in [0, 0.05) is 11.8 Å². The normalized spacial score (nSPS) is 17.5. The number of carbonyl (C=O) groups is 2. The first-order chi connectivity index (χ1) is 8.56. The highest BCUT2D eigenvalue weighted by molar-refractivity contribution is 6.44. The van der Waals surface area contributed by atoms with Crippen LogP contribution in [0.4, 0.5) is 5.69 Å². The first-order valence-corrected chi connectivity index (χ1v) is 6.05. The topological polar surface area (TPSA) is 55.7 Å². The zero-order chi connectivity index (χ0) is 13.3. The van der Waals surface area contributed by atoms with Crippen molar-refractivity contribution < 1.29 is 14.3 Å². The van der Waals surface area contributed by atoms with E-state index in [0.717, 1.165) is 0 Å². The summed E-state index contributed by atoms with van der Waals surface area (Å²) in [5.74, 6) is -1.99. The third-order valence-corrected chi connectivity index (χ3v) is 3.30. The number of rotatable bonds is 2. The molecule has 2 rings (SSSR count). The highest BCUT2D eigenvalue weighted by Crippen LogP contribution is 2.38. The number of ketones is 1. The maximum absolute atomic E-state index is 12.1. The van der Waals surface area contributed by atoms with Gasteiger partial charge in [-0.3, -0.25) is 14.6 Å². The number of halogens is 2. The van der Waals surface area contributed by atoms with Crippen molar-refractivity contribution >= 4 is 46.9 Å². The lowest BCUT2D eigenvalue weighted by molar-refractivity contribution is -0.143. The summed E-state index contributed by atoms with van der Waals surface area (Å²) < 4.78 is 4.81. The number of hydrogen-bond donors (Lipinski definition) is 0. The second-order valence-electron chi connectivity index (χ2n) is 3.63. The van der Waals surface area contributed by atoms with Crippen molar-refractivity contribution in [3.8, 4) is 0 Å². The predicted molar refractivity (Wildman–Crippen MR) is 69.1 cm³/mol. The third kappa shape index (κ3) is 2.13. The van der Waals surface area contributed by atoms with Crippen LogP contribution in [0, 0.1) is 5.92 Å². The summed E-state index contributed by atoms with van der Waals surface area (Å²) in [6, 6.07) is 3.01. The maximum atomic E-state index is 12.1. The lowest BCUT2D eigenvalue weighted by Crippen LogP contribution is -2.29. The predicted octanol–water partition coefficient (Wildman–Crippen LogP) is 3.07. The minimum atomic E-state index is -1.00. The van der Waals surface area contributed by atoms with Crippen molar-refractivity contribution in [1.29, 1.82) is 0 Å². The molecule has 0 N–H and O–H groups in total. The van der Waals surface area contributed by atoms with Crippen molar-refractivity contribution in [2.45, 2.75) is 6.92 Å². The van der Waals surface area contributed by atoms with Crippen molar-refractivity contribution in [2.24, 2.45) is 10.9 Å². The van der Waals surface area contributed by atoms with Gasteiger partial charge in [-0.25, -0.2) is 0 Å². The van der Waals surface area contributed by atoms with Gasteiger partial charge in [-0.2, -0.15) is 0 Å². The van der Waals surface area contributed by atoms with E-state index in [9.17, 15) is 9.59 Å². The number of carbonyl (C=O) groups excluding carboxylic acids is 2. The number of aliphatic imine (C=N–C) groups is 1. The van der Waals surface area contributed by atoms with Crippen LogP contribution in [-0.2, 0) is 9.53 Å². The number of esters is 1. The van der Waals surface area contributed by atoms with Gasteiger partial charge in [-0.1, -0.05) is 23.2 Å². The van der Waals surface area contributed by atoms with E-state index in [0.29, 0.717) is 10.7 Å². The van der Waals surface area contributed by atoms with E-state index in [4.69, 9.17) is 27.9 Å². The van der Waals surface area contributed by atoms with E-state index >= 15 is 0 Å². The molecule has 4 nitrogen and oxygen atoms in total. The molecule has 1 unspecified atom stereocenters. The molecule has 0 amide bonds. The highest BCUT2D eigenvalue weighted by Gasteiger charge is 2.33. The quantitative estimate of drug-likeness (QED) is 0.620. The zero-order valence-electron chi connectivity index (χ0n) is 9.44. The first-order valence-electron chi connectivity index (χ1n) is 5.29. The molecule has 0 spiro atoms. The van der Waals surface area contributed by atoms with E-state index in [-0.39, 0.29) is 23.0 Å². The average molecular weight is 286 g/mol. The number of benzene rings is 1. The van der Waals surface area contributed by atoms with Crippen LogP contribution < -0.4 is 0 Å². The molecule has 0 fully saturated rings. The lowest BCUT2D eigenvalue weighted by atomic mass is 9.95. The van der Waals surface area contributed by atoms with E-state index in [1.54, 1.807) is 6.92 Å². The molecule has 1 aromatic rings. The molecule has 1 atom stereocenters. The molecule has 0 aliphatic carbocycles. The van der Waals surface area contributed by atoms with Gasteiger partial charge in [0.25, 0.3) is 0 Å². The number of nitrogens with zero attached hydrogens (tertiary/aromatic N) is 1. The third-order valence-electron chi connectivity index (χ3n) is 2.51. The standard InChI is InChI=1S/C12H9Cl2NO3/c1-2-18-12(17)7-5-15-10-6(11(7)16)3-4-8(13)9(10)14/h3-5,7H,2H2,1H3. The Morgan fingerprint density at radius 3 is 2.83 bits per heavy atom. The molecule has 6 heteroatoms. The maximum Gasteiger partial charge on any atom is 0.322 e. The lowest BCUT2D eigenvalue weighted by Gasteiger charge is -2.17. The minimum absolute atomic E-state index is 0.209. The molecule has 94 valence electrons. The summed E-state index contributed by atoms with van der Waals surface area (Å²) in [4.78, 5) is 27.7. The van der Waals surface area contributed by atoms with E-state index in [2.05, 4.69) is 4.99 Å². The zero-order valence-corrected chi connectivity index (χ0v) is 11.0. The van der Waals surface area contributed by atoms with E-state index in [1.165, 1.54) is 18.3 Å². The van der Waals surface area contributed by atoms with Gasteiger partial charge in [0.15, 0.2) is 11.7 Å². The largest absolute Gasteiger partial charge is 0.465 e. The molecular formula is C12H9Cl2NO3. The molecule has 1 aliphatic rings. The SMILES string of the molecule is CCOC(=O)C1C=Nc2c(ccc(Cl)c2Cl)C1=O. The van der Waals surface area contributed by atoms with Crippen LogP contribution in [0.25, 0.3) is 0 Å². The van der Waals surface area contributed by atoms with Crippen LogP contribution >= 0.6 is 23.2 Å². The van der Waals surface area contributed by atoms with Gasteiger partial charge in [0.2, 0.25) is 0 Å². The molecule has 1 heterocycles. The van der Waals surface area contributed by atoms with Crippen LogP contribution in [0.5, 0.6) is 0 Å². The van der Waals surface area contributed by atoms with Gasteiger partial charge in [0.05, 0.1) is 22.3 Å². The monoisotopic (exact) mass is 285 g/mol. The van der Waals surface area contributed by atoms with Gasteiger partial charge in [-0.05, 0) is 19.1 Å². The van der Waals surface area contributed by atoms with Gasteiger partial charge in [0.1, 0.15) is 0 Å². The van der Waals surface area contributed by atoms with Crippen molar-refractivity contribution in [1.82, 2.24) is 0 Å². The Labute approximate surface area is 114 Å². The van der Waals surface area contributed by atoms with Crippen LogP contribution in [0.3, 0.4) is 0 Å². The fraction of sp³-hybridized carbons (Fsp3) is 0.250. The molecule has 0 aromatic heterocycles. The molecule has 0 saturated heterocycles. The second kappa shape index (κ2) is 5.08. The minimum Gasteiger partial charge on any atom is -0.465 e. The summed E-state index contributed by atoms with van der Waals surface area (Å²) in [5, 5.41) is 0.524. The Hall–Kier alpha value is -1.39. The Morgan fingerprint density at radius 2 is 2.17 bits per heavy atom. The van der Waals surface area contributed by atoms with Crippen LogP contribution in [0.2, 0.25) is 10.0 Å². The summed E-state index contributed by atoms with van der Waals surface area (Å²) in [6.45, 7) is 1.89. The molecule has 0 saturated carbocycles. The molecule has 1 aliphatic heterocycles. The smallest absolute Gasteiger partial charge is 0.322 e. The molecule has 18 heavy (non-hydrogen) atoms. The Bertz CT molecular complexity index is 554. The fourth-order valence-corrected chi connectivity index (χ4v) is 2.02. The van der Waals surface area contributed by atoms with E-state index in [1.807, 2.05) is 0 Å². The Balaban J connectivity index is 2.42. The van der Waals surface area contributed by atoms with Gasteiger partial charge < -0.3 is 4.74 Å². The van der Waals surface area contributed by atoms with Crippen LogP contribution in [-0.4, -0.2) is 24.6 Å². The number of ether oxygens (including phenoxy) is 1. The van der Waals surface area contributed by atoms with Crippen LogP contribution in [0.1, 0.15) is 17.3 Å². The second-order valence-corrected chi connectivity index (χ2v) is 4.41. The Kier molecular flexibility index (Phi) is 3.68.